The Morgan fingerprint density at radius 2 is 1.74 bits per heavy atom. The minimum absolute atomic E-state index is 0.301. The number of hydrogen-bond donors (Lipinski definition) is 0. The molecule has 2 rings (SSSR count). The van der Waals surface area contributed by atoms with E-state index in [0.717, 1.165) is 14.7 Å². The summed E-state index contributed by atoms with van der Waals surface area (Å²) in [6, 6.07) is 17.5. The van der Waals surface area contributed by atoms with Crippen LogP contribution in [0.4, 0.5) is 0 Å². The average molecular weight is 364 g/mol. The summed E-state index contributed by atoms with van der Waals surface area (Å²) < 4.78 is 6.27. The topological polar surface area (TPSA) is 26.3 Å². The van der Waals surface area contributed by atoms with Crippen LogP contribution in [-0.4, -0.2) is 5.97 Å². The van der Waals surface area contributed by atoms with Crippen LogP contribution in [0, 0.1) is 3.57 Å². The summed E-state index contributed by atoms with van der Waals surface area (Å²) in [4.78, 5) is 11.6. The Labute approximate surface area is 126 Å². The maximum absolute atomic E-state index is 11.6. The zero-order chi connectivity index (χ0) is 13.5. The molecule has 2 nitrogen and oxygen atoms in total. The van der Waals surface area contributed by atoms with Gasteiger partial charge in [0.2, 0.25) is 0 Å². The average Bonchev–Trinajstić information content (AvgIpc) is 2.45. The molecular weight excluding hydrogens is 351 g/mol. The second-order valence-corrected chi connectivity index (χ2v) is 5.11. The Hall–Kier alpha value is -1.62. The Morgan fingerprint density at radius 3 is 2.47 bits per heavy atom. The summed E-state index contributed by atoms with van der Waals surface area (Å²) in [5.74, 6) is -0.330. The van der Waals surface area contributed by atoms with Crippen LogP contribution in [0.3, 0.4) is 0 Å². The Bertz CT molecular complexity index is 576. The number of esters is 1. The zero-order valence-corrected chi connectivity index (χ0v) is 12.4. The van der Waals surface area contributed by atoms with Crippen LogP contribution in [0.15, 0.2) is 60.7 Å². The van der Waals surface area contributed by atoms with Gasteiger partial charge in [-0.05, 0) is 45.9 Å². The highest BCUT2D eigenvalue weighted by Gasteiger charge is 1.99. The highest BCUT2D eigenvalue weighted by molar-refractivity contribution is 14.1. The van der Waals surface area contributed by atoms with Gasteiger partial charge < -0.3 is 4.74 Å². The molecule has 0 N–H and O–H groups in total. The van der Waals surface area contributed by atoms with Crippen molar-refractivity contribution in [3.63, 3.8) is 0 Å². The molecular formula is C16H13IO2. The standard InChI is InChI=1S/C16H13IO2/c17-15-9-5-4-8-14(15)10-11-16(18)19-12-13-6-2-1-3-7-13/h1-11H,12H2/b11-10+. The number of carbonyl (C=O) groups is 1. The number of rotatable bonds is 4. The minimum atomic E-state index is -0.330. The van der Waals surface area contributed by atoms with Crippen molar-refractivity contribution in [1.29, 1.82) is 0 Å². The first-order chi connectivity index (χ1) is 9.25. The fourth-order valence-electron chi connectivity index (χ4n) is 1.54. The highest BCUT2D eigenvalue weighted by Crippen LogP contribution is 2.13. The van der Waals surface area contributed by atoms with Gasteiger partial charge in [-0.3, -0.25) is 0 Å². The number of benzene rings is 2. The number of ether oxygens (including phenoxy) is 1. The van der Waals surface area contributed by atoms with E-state index < -0.39 is 0 Å². The van der Waals surface area contributed by atoms with Gasteiger partial charge in [-0.25, -0.2) is 4.79 Å². The molecule has 0 heterocycles. The maximum atomic E-state index is 11.6. The molecule has 0 aromatic heterocycles. The zero-order valence-electron chi connectivity index (χ0n) is 10.3. The van der Waals surface area contributed by atoms with Gasteiger partial charge in [0.1, 0.15) is 6.61 Å². The normalized spacial score (nSPS) is 10.6. The molecule has 0 bridgehead atoms. The molecule has 0 unspecified atom stereocenters. The molecule has 0 spiro atoms. The third kappa shape index (κ3) is 4.52. The molecule has 0 amide bonds. The van der Waals surface area contributed by atoms with Crippen molar-refractivity contribution in [2.24, 2.45) is 0 Å². The van der Waals surface area contributed by atoms with Crippen LogP contribution in [0.25, 0.3) is 6.08 Å². The van der Waals surface area contributed by atoms with E-state index in [4.69, 9.17) is 4.74 Å². The summed E-state index contributed by atoms with van der Waals surface area (Å²) in [6.07, 6.45) is 3.23. The Morgan fingerprint density at radius 1 is 1.05 bits per heavy atom. The van der Waals surface area contributed by atoms with E-state index in [1.165, 1.54) is 6.08 Å². The summed E-state index contributed by atoms with van der Waals surface area (Å²) in [6.45, 7) is 0.301. The largest absolute Gasteiger partial charge is 0.458 e. The predicted octanol–water partition coefficient (Wildman–Crippen LogP) is 4.05. The van der Waals surface area contributed by atoms with Gasteiger partial charge >= 0.3 is 5.97 Å². The van der Waals surface area contributed by atoms with Crippen LogP contribution < -0.4 is 0 Å². The summed E-state index contributed by atoms with van der Waals surface area (Å²) in [5.41, 5.74) is 2.00. The van der Waals surface area contributed by atoms with Crippen LogP contribution in [0.1, 0.15) is 11.1 Å². The van der Waals surface area contributed by atoms with Crippen LogP contribution >= 0.6 is 22.6 Å². The van der Waals surface area contributed by atoms with Crippen LogP contribution in [0.5, 0.6) is 0 Å². The van der Waals surface area contributed by atoms with Crippen molar-refractivity contribution in [3.05, 3.63) is 75.4 Å². The van der Waals surface area contributed by atoms with E-state index in [1.54, 1.807) is 6.08 Å². The number of hydrogen-bond acceptors (Lipinski definition) is 2. The molecule has 0 fully saturated rings. The molecule has 2 aromatic carbocycles. The second-order valence-electron chi connectivity index (χ2n) is 3.95. The van der Waals surface area contributed by atoms with Gasteiger partial charge in [0, 0.05) is 9.65 Å². The lowest BCUT2D eigenvalue weighted by Gasteiger charge is -2.02. The van der Waals surface area contributed by atoms with Crippen molar-refractivity contribution in [2.75, 3.05) is 0 Å². The molecule has 0 aliphatic rings. The van der Waals surface area contributed by atoms with E-state index in [-0.39, 0.29) is 5.97 Å². The SMILES string of the molecule is O=C(/C=C/c1ccccc1I)OCc1ccccc1. The summed E-state index contributed by atoms with van der Waals surface area (Å²) in [5, 5.41) is 0. The minimum Gasteiger partial charge on any atom is -0.458 e. The molecule has 3 heteroatoms. The van der Waals surface area contributed by atoms with E-state index in [9.17, 15) is 4.79 Å². The lowest BCUT2D eigenvalue weighted by Crippen LogP contribution is -2.00. The van der Waals surface area contributed by atoms with Crippen LogP contribution in [0.2, 0.25) is 0 Å². The summed E-state index contributed by atoms with van der Waals surface area (Å²) >= 11 is 2.23. The van der Waals surface area contributed by atoms with Gasteiger partial charge in [-0.15, -0.1) is 0 Å². The molecule has 0 radical (unpaired) electrons. The predicted molar refractivity (Wildman–Crippen MR) is 84.4 cm³/mol. The maximum Gasteiger partial charge on any atom is 0.331 e. The van der Waals surface area contributed by atoms with Gasteiger partial charge in [0.05, 0.1) is 0 Å². The van der Waals surface area contributed by atoms with Crippen molar-refractivity contribution >= 4 is 34.6 Å². The molecule has 0 aliphatic heterocycles. The number of carbonyl (C=O) groups excluding carboxylic acids is 1. The first kappa shape index (κ1) is 13.8. The van der Waals surface area contributed by atoms with E-state index in [0.29, 0.717) is 6.61 Å². The third-order valence-corrected chi connectivity index (χ3v) is 3.51. The molecule has 0 atom stereocenters. The first-order valence-corrected chi connectivity index (χ1v) is 6.97. The van der Waals surface area contributed by atoms with Crippen molar-refractivity contribution < 1.29 is 9.53 Å². The third-order valence-electron chi connectivity index (χ3n) is 2.53. The second kappa shape index (κ2) is 7.09. The smallest absolute Gasteiger partial charge is 0.331 e. The molecule has 0 aliphatic carbocycles. The van der Waals surface area contributed by atoms with Gasteiger partial charge in [0.25, 0.3) is 0 Å². The van der Waals surface area contributed by atoms with Crippen LogP contribution in [-0.2, 0) is 16.1 Å². The fourth-order valence-corrected chi connectivity index (χ4v) is 2.11. The Balaban J connectivity index is 1.90. The van der Waals surface area contributed by atoms with E-state index in [1.807, 2.05) is 54.6 Å². The highest BCUT2D eigenvalue weighted by atomic mass is 127. The lowest BCUT2D eigenvalue weighted by molar-refractivity contribution is -0.138. The van der Waals surface area contributed by atoms with Gasteiger partial charge in [-0.1, -0.05) is 48.5 Å². The van der Waals surface area contributed by atoms with Gasteiger partial charge in [0.15, 0.2) is 0 Å². The molecule has 0 saturated heterocycles. The quantitative estimate of drug-likeness (QED) is 0.465. The molecule has 0 saturated carbocycles. The summed E-state index contributed by atoms with van der Waals surface area (Å²) in [7, 11) is 0. The molecule has 19 heavy (non-hydrogen) atoms. The monoisotopic (exact) mass is 364 g/mol. The van der Waals surface area contributed by atoms with E-state index in [2.05, 4.69) is 22.6 Å². The molecule has 2 aromatic rings. The fraction of sp³-hybridized carbons (Fsp3) is 0.0625. The lowest BCUT2D eigenvalue weighted by atomic mass is 10.2. The van der Waals surface area contributed by atoms with Crippen molar-refractivity contribution in [1.82, 2.24) is 0 Å². The van der Waals surface area contributed by atoms with E-state index >= 15 is 0 Å². The van der Waals surface area contributed by atoms with Crippen molar-refractivity contribution in [3.8, 4) is 0 Å². The van der Waals surface area contributed by atoms with Gasteiger partial charge in [-0.2, -0.15) is 0 Å². The Kier molecular flexibility index (Phi) is 5.15. The first-order valence-electron chi connectivity index (χ1n) is 5.89. The molecule has 96 valence electrons. The van der Waals surface area contributed by atoms with Crippen molar-refractivity contribution in [2.45, 2.75) is 6.61 Å². The number of halogens is 1.